The number of nitrogens with zero attached hydrogens (tertiary/aromatic N) is 1. The molecule has 0 fully saturated rings. The third kappa shape index (κ3) is 6.41. The summed E-state index contributed by atoms with van der Waals surface area (Å²) in [7, 11) is -0.315. The van der Waals surface area contributed by atoms with E-state index < -0.39 is 10.0 Å². The highest BCUT2D eigenvalue weighted by atomic mass is 32.2. The van der Waals surface area contributed by atoms with E-state index in [0.717, 1.165) is 5.56 Å². The molecule has 0 aliphatic carbocycles. The Kier molecular flexibility index (Phi) is 8.05. The maximum atomic E-state index is 12.3. The molecule has 0 bridgehead atoms. The van der Waals surface area contributed by atoms with Gasteiger partial charge >= 0.3 is 0 Å². The molecule has 9 heteroatoms. The molecule has 3 N–H and O–H groups in total. The van der Waals surface area contributed by atoms with Crippen LogP contribution in [0.3, 0.4) is 0 Å². The largest absolute Gasteiger partial charge is 0.383 e. The number of ether oxygens (including phenoxy) is 1. The third-order valence-corrected chi connectivity index (χ3v) is 5.84. The lowest BCUT2D eigenvalue weighted by Crippen LogP contribution is -2.36. The molecule has 0 saturated carbocycles. The first-order valence-electron chi connectivity index (χ1n) is 8.09. The molecule has 0 amide bonds. The van der Waals surface area contributed by atoms with Crippen molar-refractivity contribution in [3.63, 3.8) is 0 Å². The molecule has 26 heavy (non-hydrogen) atoms. The summed E-state index contributed by atoms with van der Waals surface area (Å²) in [4.78, 5) is 5.62. The van der Waals surface area contributed by atoms with E-state index in [1.165, 1.54) is 12.0 Å². The number of aliphatic imine (C=N–C) groups is 1. The van der Waals surface area contributed by atoms with Gasteiger partial charge in [-0.1, -0.05) is 18.2 Å². The summed E-state index contributed by atoms with van der Waals surface area (Å²) < 4.78 is 31.9. The Hall–Kier alpha value is -1.94. The Labute approximate surface area is 158 Å². The summed E-state index contributed by atoms with van der Waals surface area (Å²) in [5.74, 6) is 0.657. The standard InChI is InChI=1S/C17H24N4O3S2/c1-18-17(20-13-15-6-4-10-25-15)19-12-14-5-3-7-16(11-14)26(22,23)21-8-9-24-2/h3-7,10-11,21H,8-9,12-13H2,1-2H3,(H2,18,19,20). The van der Waals surface area contributed by atoms with E-state index in [1.54, 1.807) is 36.6 Å². The molecule has 0 atom stereocenters. The van der Waals surface area contributed by atoms with Crippen LogP contribution in [0.1, 0.15) is 10.4 Å². The molecule has 0 aliphatic heterocycles. The number of thiophene rings is 1. The summed E-state index contributed by atoms with van der Waals surface area (Å²) in [6.45, 7) is 1.72. The molecular formula is C17H24N4O3S2. The first-order valence-corrected chi connectivity index (χ1v) is 10.5. The normalized spacial score (nSPS) is 12.2. The fourth-order valence-electron chi connectivity index (χ4n) is 2.17. The molecule has 2 aromatic rings. The molecule has 7 nitrogen and oxygen atoms in total. The van der Waals surface area contributed by atoms with Crippen LogP contribution >= 0.6 is 11.3 Å². The predicted octanol–water partition coefficient (Wildman–Crippen LogP) is 1.54. The fourth-order valence-corrected chi connectivity index (χ4v) is 3.90. The van der Waals surface area contributed by atoms with Crippen LogP contribution in [0, 0.1) is 0 Å². The quantitative estimate of drug-likeness (QED) is 0.340. The number of hydrogen-bond donors (Lipinski definition) is 3. The van der Waals surface area contributed by atoms with E-state index in [-0.39, 0.29) is 11.4 Å². The van der Waals surface area contributed by atoms with Crippen LogP contribution in [0.2, 0.25) is 0 Å². The third-order valence-electron chi connectivity index (χ3n) is 3.50. The van der Waals surface area contributed by atoms with E-state index in [4.69, 9.17) is 4.74 Å². The van der Waals surface area contributed by atoms with E-state index in [1.807, 2.05) is 17.5 Å². The number of benzene rings is 1. The summed E-state index contributed by atoms with van der Waals surface area (Å²) in [6, 6.07) is 10.9. The lowest BCUT2D eigenvalue weighted by Gasteiger charge is -2.12. The van der Waals surface area contributed by atoms with Crippen molar-refractivity contribution < 1.29 is 13.2 Å². The van der Waals surface area contributed by atoms with E-state index in [2.05, 4.69) is 26.4 Å². The Bertz CT molecular complexity index is 805. The number of guanidine groups is 1. The molecule has 0 radical (unpaired) electrons. The second kappa shape index (κ2) is 10.3. The summed E-state index contributed by atoms with van der Waals surface area (Å²) >= 11 is 1.67. The van der Waals surface area contributed by atoms with Gasteiger partial charge in [0.2, 0.25) is 10.0 Å². The van der Waals surface area contributed by atoms with Gasteiger partial charge in [-0.2, -0.15) is 0 Å². The maximum Gasteiger partial charge on any atom is 0.240 e. The van der Waals surface area contributed by atoms with E-state index >= 15 is 0 Å². The number of hydrogen-bond acceptors (Lipinski definition) is 5. The molecule has 142 valence electrons. The lowest BCUT2D eigenvalue weighted by atomic mass is 10.2. The smallest absolute Gasteiger partial charge is 0.240 e. The van der Waals surface area contributed by atoms with Crippen molar-refractivity contribution in [3.05, 3.63) is 52.2 Å². The van der Waals surface area contributed by atoms with Crippen LogP contribution in [0.15, 0.2) is 51.7 Å². The Balaban J connectivity index is 1.92. The van der Waals surface area contributed by atoms with Crippen LogP contribution in [0.4, 0.5) is 0 Å². The molecule has 0 spiro atoms. The predicted molar refractivity (Wildman–Crippen MR) is 105 cm³/mol. The van der Waals surface area contributed by atoms with Gasteiger partial charge < -0.3 is 15.4 Å². The Morgan fingerprint density at radius 3 is 2.69 bits per heavy atom. The highest BCUT2D eigenvalue weighted by Crippen LogP contribution is 2.11. The zero-order valence-electron chi connectivity index (χ0n) is 14.9. The molecule has 1 heterocycles. The topological polar surface area (TPSA) is 91.8 Å². The van der Waals surface area contributed by atoms with Crippen LogP contribution < -0.4 is 15.4 Å². The summed E-state index contributed by atoms with van der Waals surface area (Å²) in [5.41, 5.74) is 0.846. The van der Waals surface area contributed by atoms with Gasteiger partial charge in [0.15, 0.2) is 5.96 Å². The van der Waals surface area contributed by atoms with Crippen molar-refractivity contribution in [2.45, 2.75) is 18.0 Å². The maximum absolute atomic E-state index is 12.3. The summed E-state index contributed by atoms with van der Waals surface area (Å²) in [5, 5.41) is 8.44. The zero-order valence-corrected chi connectivity index (χ0v) is 16.5. The van der Waals surface area contributed by atoms with Crippen molar-refractivity contribution in [1.29, 1.82) is 0 Å². The minimum absolute atomic E-state index is 0.231. The van der Waals surface area contributed by atoms with Gasteiger partial charge in [-0.3, -0.25) is 4.99 Å². The second-order valence-corrected chi connectivity index (χ2v) is 8.20. The van der Waals surface area contributed by atoms with Crippen molar-refractivity contribution in [1.82, 2.24) is 15.4 Å². The second-order valence-electron chi connectivity index (χ2n) is 5.40. The monoisotopic (exact) mass is 396 g/mol. The molecule has 1 aromatic heterocycles. The highest BCUT2D eigenvalue weighted by molar-refractivity contribution is 7.89. The highest BCUT2D eigenvalue weighted by Gasteiger charge is 2.13. The van der Waals surface area contributed by atoms with E-state index in [9.17, 15) is 8.42 Å². The average molecular weight is 397 g/mol. The van der Waals surface area contributed by atoms with Gasteiger partial charge in [0.25, 0.3) is 0 Å². The van der Waals surface area contributed by atoms with Crippen LogP contribution in [0.25, 0.3) is 0 Å². The number of methoxy groups -OCH3 is 1. The SMILES string of the molecule is CN=C(NCc1cccc(S(=O)(=O)NCCOC)c1)NCc1cccs1. The van der Waals surface area contributed by atoms with Crippen LogP contribution in [-0.4, -0.2) is 41.7 Å². The van der Waals surface area contributed by atoms with Gasteiger partial charge in [0.05, 0.1) is 18.0 Å². The lowest BCUT2D eigenvalue weighted by molar-refractivity contribution is 0.204. The Morgan fingerprint density at radius 1 is 1.19 bits per heavy atom. The minimum Gasteiger partial charge on any atom is -0.383 e. The van der Waals surface area contributed by atoms with Crippen LogP contribution in [0.5, 0.6) is 0 Å². The molecule has 0 saturated heterocycles. The molecule has 0 aliphatic rings. The summed E-state index contributed by atoms with van der Waals surface area (Å²) in [6.07, 6.45) is 0. The first-order chi connectivity index (χ1) is 12.5. The van der Waals surface area contributed by atoms with Crippen molar-refractivity contribution in [2.24, 2.45) is 4.99 Å². The average Bonchev–Trinajstić information content (AvgIpc) is 3.16. The minimum atomic E-state index is -3.54. The fraction of sp³-hybridized carbons (Fsp3) is 0.353. The van der Waals surface area contributed by atoms with Gasteiger partial charge in [-0.05, 0) is 29.1 Å². The Morgan fingerprint density at radius 2 is 2.00 bits per heavy atom. The van der Waals surface area contributed by atoms with Gasteiger partial charge in [0.1, 0.15) is 0 Å². The number of rotatable bonds is 9. The zero-order chi connectivity index (χ0) is 18.8. The number of sulfonamides is 1. The molecule has 2 rings (SSSR count). The van der Waals surface area contributed by atoms with Gasteiger partial charge in [-0.25, -0.2) is 13.1 Å². The van der Waals surface area contributed by atoms with Crippen molar-refractivity contribution >= 4 is 27.3 Å². The van der Waals surface area contributed by atoms with Crippen LogP contribution in [-0.2, 0) is 27.8 Å². The number of nitrogens with one attached hydrogen (secondary N) is 3. The van der Waals surface area contributed by atoms with Gasteiger partial charge in [0, 0.05) is 32.1 Å². The molecule has 0 unspecified atom stereocenters. The molecule has 1 aromatic carbocycles. The van der Waals surface area contributed by atoms with Crippen molar-refractivity contribution in [3.8, 4) is 0 Å². The van der Waals surface area contributed by atoms with Crippen molar-refractivity contribution in [2.75, 3.05) is 27.3 Å². The first kappa shape index (κ1) is 20.4. The van der Waals surface area contributed by atoms with Gasteiger partial charge in [-0.15, -0.1) is 11.3 Å². The molecular weight excluding hydrogens is 372 g/mol. The van der Waals surface area contributed by atoms with E-state index in [0.29, 0.717) is 25.7 Å².